The van der Waals surface area contributed by atoms with E-state index in [1.807, 2.05) is 19.2 Å². The van der Waals surface area contributed by atoms with E-state index in [1.54, 1.807) is 6.20 Å². The molecule has 1 heterocycles. The second kappa shape index (κ2) is 4.19. The molecule has 0 amide bonds. The van der Waals surface area contributed by atoms with Crippen molar-refractivity contribution in [3.05, 3.63) is 24.0 Å². The zero-order valence-electron chi connectivity index (χ0n) is 9.36. The minimum Gasteiger partial charge on any atom is -0.359 e. The van der Waals surface area contributed by atoms with Crippen molar-refractivity contribution in [2.24, 2.45) is 11.8 Å². The summed E-state index contributed by atoms with van der Waals surface area (Å²) in [5.41, 5.74) is 0.714. The largest absolute Gasteiger partial charge is 0.359 e. The fourth-order valence-electron chi connectivity index (χ4n) is 1.95. The van der Waals surface area contributed by atoms with E-state index in [4.69, 9.17) is 0 Å². The Hall–Kier alpha value is -1.09. The summed E-state index contributed by atoms with van der Waals surface area (Å²) in [5, 5.41) is 0. The van der Waals surface area contributed by atoms with Gasteiger partial charge in [0.05, 0.1) is 12.2 Å². The molecule has 0 aromatic carbocycles. The molecule has 0 radical (unpaired) electrons. The van der Waals surface area contributed by atoms with Crippen LogP contribution in [-0.4, -0.2) is 35.8 Å². The highest BCUT2D eigenvalue weighted by atomic mass is 16.1. The molecule has 0 spiro atoms. The molecule has 0 aliphatic heterocycles. The smallest absolute Gasteiger partial charge is 0.192 e. The van der Waals surface area contributed by atoms with Gasteiger partial charge in [0.25, 0.3) is 0 Å². The molecule has 3 nitrogen and oxygen atoms in total. The SMILES string of the molecule is CC1CC1CN(C)CC(=O)c1ccc[nH]1. The van der Waals surface area contributed by atoms with Crippen LogP contribution in [0, 0.1) is 11.8 Å². The second-order valence-corrected chi connectivity index (χ2v) is 4.68. The third-order valence-electron chi connectivity index (χ3n) is 3.13. The number of Topliss-reactive ketones (excluding diaryl/α,β-unsaturated/α-hetero) is 1. The maximum absolute atomic E-state index is 11.7. The van der Waals surface area contributed by atoms with Gasteiger partial charge in [0, 0.05) is 12.7 Å². The van der Waals surface area contributed by atoms with Crippen LogP contribution in [0.5, 0.6) is 0 Å². The molecule has 82 valence electrons. The monoisotopic (exact) mass is 206 g/mol. The maximum Gasteiger partial charge on any atom is 0.192 e. The number of ketones is 1. The Morgan fingerprint density at radius 3 is 2.93 bits per heavy atom. The van der Waals surface area contributed by atoms with E-state index < -0.39 is 0 Å². The number of H-pyrrole nitrogens is 1. The van der Waals surface area contributed by atoms with Crippen LogP contribution in [0.2, 0.25) is 0 Å². The molecule has 0 bridgehead atoms. The molecular weight excluding hydrogens is 188 g/mol. The van der Waals surface area contributed by atoms with E-state index in [0.29, 0.717) is 12.2 Å². The average molecular weight is 206 g/mol. The van der Waals surface area contributed by atoms with Gasteiger partial charge in [-0.1, -0.05) is 6.92 Å². The predicted molar refractivity (Wildman–Crippen MR) is 59.9 cm³/mol. The molecule has 3 heteroatoms. The van der Waals surface area contributed by atoms with Crippen LogP contribution in [0.3, 0.4) is 0 Å². The minimum atomic E-state index is 0.177. The van der Waals surface area contributed by atoms with E-state index >= 15 is 0 Å². The molecule has 1 aliphatic carbocycles. The van der Waals surface area contributed by atoms with Gasteiger partial charge >= 0.3 is 0 Å². The fraction of sp³-hybridized carbons (Fsp3) is 0.583. The van der Waals surface area contributed by atoms with Crippen LogP contribution in [0.4, 0.5) is 0 Å². The molecule has 0 saturated heterocycles. The number of likely N-dealkylation sites (N-methyl/N-ethyl adjacent to an activating group) is 1. The van der Waals surface area contributed by atoms with Gasteiger partial charge in [0.2, 0.25) is 0 Å². The van der Waals surface area contributed by atoms with Gasteiger partial charge in [-0.05, 0) is 37.4 Å². The lowest BCUT2D eigenvalue weighted by Gasteiger charge is -2.14. The third-order valence-corrected chi connectivity index (χ3v) is 3.13. The number of rotatable bonds is 5. The van der Waals surface area contributed by atoms with Crippen molar-refractivity contribution in [3.8, 4) is 0 Å². The number of hydrogen-bond acceptors (Lipinski definition) is 2. The van der Waals surface area contributed by atoms with E-state index in [9.17, 15) is 4.79 Å². The quantitative estimate of drug-likeness (QED) is 0.745. The van der Waals surface area contributed by atoms with Crippen LogP contribution in [0.1, 0.15) is 23.8 Å². The van der Waals surface area contributed by atoms with Crippen LogP contribution in [0.15, 0.2) is 18.3 Å². The van der Waals surface area contributed by atoms with Gasteiger partial charge in [0.15, 0.2) is 5.78 Å². The van der Waals surface area contributed by atoms with E-state index in [0.717, 1.165) is 18.4 Å². The Balaban J connectivity index is 1.78. The lowest BCUT2D eigenvalue weighted by Crippen LogP contribution is -2.28. The Bertz CT molecular complexity index is 331. The molecule has 1 N–H and O–H groups in total. The molecule has 2 atom stereocenters. The molecule has 1 aliphatic rings. The number of aromatic nitrogens is 1. The summed E-state index contributed by atoms with van der Waals surface area (Å²) >= 11 is 0. The first-order chi connectivity index (χ1) is 7.16. The standard InChI is InChI=1S/C12H18N2O/c1-9-6-10(9)7-14(2)8-12(15)11-4-3-5-13-11/h3-5,9-10,13H,6-8H2,1-2H3. The molecule has 15 heavy (non-hydrogen) atoms. The Labute approximate surface area is 90.5 Å². The van der Waals surface area contributed by atoms with E-state index in [2.05, 4.69) is 16.8 Å². The molecular formula is C12H18N2O. The first kappa shape index (κ1) is 10.4. The fourth-order valence-corrected chi connectivity index (χ4v) is 1.95. The zero-order valence-corrected chi connectivity index (χ0v) is 9.36. The molecule has 1 aromatic heterocycles. The number of hydrogen-bond donors (Lipinski definition) is 1. The predicted octanol–water partition coefficient (Wildman–Crippen LogP) is 1.79. The van der Waals surface area contributed by atoms with E-state index in [-0.39, 0.29) is 5.78 Å². The van der Waals surface area contributed by atoms with Gasteiger partial charge in [-0.15, -0.1) is 0 Å². The first-order valence-corrected chi connectivity index (χ1v) is 5.52. The highest BCUT2D eigenvalue weighted by Crippen LogP contribution is 2.37. The van der Waals surface area contributed by atoms with Crippen LogP contribution < -0.4 is 0 Å². The highest BCUT2D eigenvalue weighted by Gasteiger charge is 2.33. The maximum atomic E-state index is 11.7. The summed E-state index contributed by atoms with van der Waals surface area (Å²) in [6.07, 6.45) is 3.11. The number of aromatic amines is 1. The van der Waals surface area contributed by atoms with Crippen LogP contribution in [0.25, 0.3) is 0 Å². The minimum absolute atomic E-state index is 0.177. The molecule has 2 rings (SSSR count). The summed E-state index contributed by atoms with van der Waals surface area (Å²) in [4.78, 5) is 16.8. The van der Waals surface area contributed by atoms with Crippen molar-refractivity contribution in [1.29, 1.82) is 0 Å². The van der Waals surface area contributed by atoms with Crippen molar-refractivity contribution >= 4 is 5.78 Å². The molecule has 1 saturated carbocycles. The van der Waals surface area contributed by atoms with Crippen molar-refractivity contribution < 1.29 is 4.79 Å². The Morgan fingerprint density at radius 1 is 1.67 bits per heavy atom. The summed E-state index contributed by atoms with van der Waals surface area (Å²) in [7, 11) is 2.02. The summed E-state index contributed by atoms with van der Waals surface area (Å²) in [6.45, 7) is 3.84. The second-order valence-electron chi connectivity index (χ2n) is 4.68. The van der Waals surface area contributed by atoms with Crippen LogP contribution in [-0.2, 0) is 0 Å². The number of carbonyl (C=O) groups excluding carboxylic acids is 1. The average Bonchev–Trinajstić information content (AvgIpc) is 2.73. The topological polar surface area (TPSA) is 36.1 Å². The van der Waals surface area contributed by atoms with Crippen molar-refractivity contribution in [3.63, 3.8) is 0 Å². The van der Waals surface area contributed by atoms with Crippen molar-refractivity contribution in [2.75, 3.05) is 20.1 Å². The molecule has 2 unspecified atom stereocenters. The number of carbonyl (C=O) groups is 1. The van der Waals surface area contributed by atoms with Gasteiger partial charge in [0.1, 0.15) is 0 Å². The molecule has 1 fully saturated rings. The van der Waals surface area contributed by atoms with Gasteiger partial charge in [-0.2, -0.15) is 0 Å². The third kappa shape index (κ3) is 2.69. The first-order valence-electron chi connectivity index (χ1n) is 5.52. The Kier molecular flexibility index (Phi) is 2.91. The van der Waals surface area contributed by atoms with Crippen molar-refractivity contribution in [1.82, 2.24) is 9.88 Å². The van der Waals surface area contributed by atoms with Crippen LogP contribution >= 0.6 is 0 Å². The zero-order chi connectivity index (χ0) is 10.8. The number of nitrogens with one attached hydrogen (secondary N) is 1. The van der Waals surface area contributed by atoms with Gasteiger partial charge in [-0.3, -0.25) is 9.69 Å². The van der Waals surface area contributed by atoms with E-state index in [1.165, 1.54) is 6.42 Å². The van der Waals surface area contributed by atoms with Gasteiger partial charge in [-0.25, -0.2) is 0 Å². The number of nitrogens with zero attached hydrogens (tertiary/aromatic N) is 1. The highest BCUT2D eigenvalue weighted by molar-refractivity contribution is 5.95. The molecule has 1 aromatic rings. The van der Waals surface area contributed by atoms with Gasteiger partial charge < -0.3 is 4.98 Å². The summed E-state index contributed by atoms with van der Waals surface area (Å²) < 4.78 is 0. The lowest BCUT2D eigenvalue weighted by atomic mass is 10.2. The van der Waals surface area contributed by atoms with Crippen molar-refractivity contribution in [2.45, 2.75) is 13.3 Å². The lowest BCUT2D eigenvalue weighted by molar-refractivity contribution is 0.0939. The summed E-state index contributed by atoms with van der Waals surface area (Å²) in [5.74, 6) is 1.84. The Morgan fingerprint density at radius 2 is 2.40 bits per heavy atom. The summed E-state index contributed by atoms with van der Waals surface area (Å²) in [6, 6.07) is 3.69. The normalized spacial score (nSPS) is 24.5.